The number of ether oxygens (including phenoxy) is 2. The lowest BCUT2D eigenvalue weighted by Crippen LogP contribution is -2.51. The number of aromatic nitrogens is 3. The van der Waals surface area contributed by atoms with Crippen LogP contribution in [0.2, 0.25) is 0 Å². The van der Waals surface area contributed by atoms with Crippen molar-refractivity contribution < 1.29 is 41.7 Å². The first-order chi connectivity index (χ1) is 21.2. The number of primary amides is 1. The average Bonchev–Trinajstić information content (AvgIpc) is 3.55. The fraction of sp³-hybridized carbons (Fsp3) is 0.355. The molecule has 1 saturated carbocycles. The molecule has 236 valence electrons. The van der Waals surface area contributed by atoms with E-state index in [1.54, 1.807) is 10.9 Å². The Morgan fingerprint density at radius 2 is 1.91 bits per heavy atom. The van der Waals surface area contributed by atoms with Gasteiger partial charge in [0.1, 0.15) is 40.5 Å². The summed E-state index contributed by atoms with van der Waals surface area (Å²) in [5.41, 5.74) is -0.140. The van der Waals surface area contributed by atoms with E-state index in [-0.39, 0.29) is 46.5 Å². The minimum Gasteiger partial charge on any atom is -0.494 e. The van der Waals surface area contributed by atoms with Crippen molar-refractivity contribution in [3.05, 3.63) is 71.3 Å². The molecule has 0 bridgehead atoms. The number of carbonyl (C=O) groups excluding carboxylic acids is 2. The number of halogens is 4. The van der Waals surface area contributed by atoms with Crippen molar-refractivity contribution in [3.8, 4) is 22.8 Å². The molecule has 3 heterocycles. The third kappa shape index (κ3) is 5.02. The molecule has 2 amide bonds. The molecule has 14 heteroatoms. The first-order valence-corrected chi connectivity index (χ1v) is 14.1. The lowest BCUT2D eigenvalue weighted by Gasteiger charge is -2.31. The predicted octanol–water partition coefficient (Wildman–Crippen LogP) is 4.29. The van der Waals surface area contributed by atoms with E-state index in [4.69, 9.17) is 15.2 Å². The van der Waals surface area contributed by atoms with Gasteiger partial charge in [-0.05, 0) is 68.7 Å². The van der Waals surface area contributed by atoms with Gasteiger partial charge >= 0.3 is 6.18 Å². The van der Waals surface area contributed by atoms with Crippen molar-refractivity contribution in [1.29, 1.82) is 0 Å². The lowest BCUT2D eigenvalue weighted by atomic mass is 9.81. The summed E-state index contributed by atoms with van der Waals surface area (Å²) in [5.74, 6) is -2.16. The normalized spacial score (nSPS) is 19.4. The molecule has 1 aliphatic carbocycles. The Kier molecular flexibility index (Phi) is 7.22. The number of benzene rings is 2. The highest BCUT2D eigenvalue weighted by molar-refractivity contribution is 6.00. The third-order valence-electron chi connectivity index (χ3n) is 8.65. The van der Waals surface area contributed by atoms with Gasteiger partial charge in [-0.3, -0.25) is 14.3 Å². The molecule has 1 aliphatic heterocycles. The highest BCUT2D eigenvalue weighted by atomic mass is 19.4. The van der Waals surface area contributed by atoms with Crippen LogP contribution in [-0.4, -0.2) is 58.1 Å². The van der Waals surface area contributed by atoms with Crippen molar-refractivity contribution in [2.24, 2.45) is 5.73 Å². The van der Waals surface area contributed by atoms with Crippen LogP contribution in [0.5, 0.6) is 11.5 Å². The van der Waals surface area contributed by atoms with E-state index in [0.717, 1.165) is 37.5 Å². The molecule has 2 aromatic heterocycles. The number of nitrogens with two attached hydrogens (primary N) is 1. The summed E-state index contributed by atoms with van der Waals surface area (Å²) in [7, 11) is 1.39. The number of nitrogens with zero attached hydrogens (tertiary/aromatic N) is 3. The van der Waals surface area contributed by atoms with Gasteiger partial charge in [0.05, 0.1) is 25.4 Å². The van der Waals surface area contributed by atoms with Gasteiger partial charge in [0.15, 0.2) is 0 Å². The minimum atomic E-state index is -5.35. The van der Waals surface area contributed by atoms with Crippen LogP contribution in [0.25, 0.3) is 22.2 Å². The fourth-order valence-electron chi connectivity index (χ4n) is 5.50. The Morgan fingerprint density at radius 1 is 1.20 bits per heavy atom. The molecule has 10 nitrogen and oxygen atoms in total. The fourth-order valence-corrected chi connectivity index (χ4v) is 5.50. The number of hydrogen-bond donors (Lipinski definition) is 3. The molecule has 2 aliphatic rings. The molecule has 2 atom stereocenters. The zero-order chi connectivity index (χ0) is 32.3. The maximum absolute atomic E-state index is 14.7. The second-order valence-corrected chi connectivity index (χ2v) is 11.6. The summed E-state index contributed by atoms with van der Waals surface area (Å²) in [6.45, 7) is -0.232. The molecule has 0 spiro atoms. The summed E-state index contributed by atoms with van der Waals surface area (Å²) in [4.78, 5) is 29.8. The first kappa shape index (κ1) is 30.3. The molecule has 2 aromatic carbocycles. The summed E-state index contributed by atoms with van der Waals surface area (Å²) in [5, 5.41) is 18.6. The van der Waals surface area contributed by atoms with Crippen molar-refractivity contribution in [3.63, 3.8) is 0 Å². The van der Waals surface area contributed by atoms with E-state index in [2.05, 4.69) is 15.4 Å². The maximum atomic E-state index is 14.7. The van der Waals surface area contributed by atoms with E-state index >= 15 is 0 Å². The van der Waals surface area contributed by atoms with E-state index in [1.165, 1.54) is 38.3 Å². The molecule has 6 rings (SSSR count). The van der Waals surface area contributed by atoms with Crippen molar-refractivity contribution in [2.75, 3.05) is 20.3 Å². The van der Waals surface area contributed by atoms with Crippen LogP contribution in [0.3, 0.4) is 0 Å². The molecule has 1 fully saturated rings. The maximum Gasteiger partial charge on any atom is 0.424 e. The van der Waals surface area contributed by atoms with Crippen LogP contribution in [0.1, 0.15) is 53.8 Å². The average molecular weight is 628 g/mol. The number of aliphatic hydroxyl groups is 1. The third-order valence-corrected chi connectivity index (χ3v) is 8.65. The number of carbonyl (C=O) groups is 2. The molecule has 0 radical (unpaired) electrons. The Labute approximate surface area is 254 Å². The number of fused-ring (bicyclic) bond motifs is 2. The standard InChI is InChI=1S/C31H29F4N5O5/c1-29(28(36)42)15-45-26-21(29)12-23(38-25(26)16-6-8-19(32)9-7-16)30(43,31(33,34)35)14-37-27(41)17-10-18-13-40(20-4-3-5-20)39-24(18)22(11-17)44-2/h6-13,20,43H,3-5,14-15H2,1-2H3,(H2,36,42)(H,37,41)/t29-,30?/m0/s1. The van der Waals surface area contributed by atoms with Gasteiger partial charge in [-0.15, -0.1) is 0 Å². The van der Waals surface area contributed by atoms with E-state index in [9.17, 15) is 32.3 Å². The summed E-state index contributed by atoms with van der Waals surface area (Å²) in [6.07, 6.45) is -0.593. The summed E-state index contributed by atoms with van der Waals surface area (Å²) >= 11 is 0. The van der Waals surface area contributed by atoms with E-state index in [1.807, 2.05) is 0 Å². The zero-order valence-corrected chi connectivity index (χ0v) is 24.2. The van der Waals surface area contributed by atoms with Gasteiger partial charge in [0.2, 0.25) is 11.5 Å². The quantitative estimate of drug-likeness (QED) is 0.248. The minimum absolute atomic E-state index is 0.0133. The van der Waals surface area contributed by atoms with Gasteiger partial charge < -0.3 is 25.6 Å². The smallest absolute Gasteiger partial charge is 0.424 e. The van der Waals surface area contributed by atoms with Crippen LogP contribution in [-0.2, 0) is 15.8 Å². The van der Waals surface area contributed by atoms with E-state index < -0.39 is 47.1 Å². The molecule has 4 aromatic rings. The van der Waals surface area contributed by atoms with Crippen LogP contribution in [0.4, 0.5) is 17.6 Å². The summed E-state index contributed by atoms with van der Waals surface area (Å²) in [6, 6.07) is 8.68. The van der Waals surface area contributed by atoms with Gasteiger partial charge in [0, 0.05) is 28.3 Å². The van der Waals surface area contributed by atoms with Gasteiger partial charge in [-0.2, -0.15) is 18.3 Å². The van der Waals surface area contributed by atoms with Crippen molar-refractivity contribution >= 4 is 22.7 Å². The molecule has 0 saturated heterocycles. The van der Waals surface area contributed by atoms with Gasteiger partial charge in [0.25, 0.3) is 5.91 Å². The predicted molar refractivity (Wildman–Crippen MR) is 153 cm³/mol. The van der Waals surface area contributed by atoms with E-state index in [0.29, 0.717) is 10.9 Å². The number of methoxy groups -OCH3 is 1. The Morgan fingerprint density at radius 3 is 2.51 bits per heavy atom. The first-order valence-electron chi connectivity index (χ1n) is 14.1. The lowest BCUT2D eigenvalue weighted by molar-refractivity contribution is -0.265. The number of pyridine rings is 1. The van der Waals surface area contributed by atoms with Crippen LogP contribution >= 0.6 is 0 Å². The van der Waals surface area contributed by atoms with Crippen molar-refractivity contribution in [1.82, 2.24) is 20.1 Å². The second kappa shape index (κ2) is 10.7. The van der Waals surface area contributed by atoms with Crippen LogP contribution in [0, 0.1) is 5.82 Å². The van der Waals surface area contributed by atoms with Crippen molar-refractivity contribution in [2.45, 2.75) is 49.4 Å². The molecular formula is C31H29F4N5O5. The zero-order valence-electron chi connectivity index (χ0n) is 24.2. The summed E-state index contributed by atoms with van der Waals surface area (Å²) < 4.78 is 70.8. The number of nitrogens with one attached hydrogen (secondary N) is 1. The highest BCUT2D eigenvalue weighted by Gasteiger charge is 2.57. The Bertz CT molecular complexity index is 1820. The van der Waals surface area contributed by atoms with Gasteiger partial charge in [-0.25, -0.2) is 9.37 Å². The number of hydrogen-bond acceptors (Lipinski definition) is 7. The SMILES string of the molecule is COc1cc(C(=O)NCC(O)(c2cc3c(c(-c4ccc(F)cc4)n2)OC[C@]3(C)C(N)=O)C(F)(F)F)cc2cn(C3CCC3)nc12. The van der Waals surface area contributed by atoms with Crippen LogP contribution < -0.4 is 20.5 Å². The van der Waals surface area contributed by atoms with Crippen LogP contribution in [0.15, 0.2) is 48.7 Å². The molecular weight excluding hydrogens is 598 g/mol. The Balaban J connectivity index is 1.39. The Hall–Kier alpha value is -4.72. The highest BCUT2D eigenvalue weighted by Crippen LogP contribution is 2.47. The van der Waals surface area contributed by atoms with Gasteiger partial charge in [-0.1, -0.05) is 0 Å². The largest absolute Gasteiger partial charge is 0.494 e. The second-order valence-electron chi connectivity index (χ2n) is 11.6. The topological polar surface area (TPSA) is 142 Å². The monoisotopic (exact) mass is 627 g/mol. The number of amides is 2. The number of rotatable bonds is 8. The number of alkyl halides is 3. The molecule has 4 N–H and O–H groups in total. The molecule has 45 heavy (non-hydrogen) atoms. The molecule has 1 unspecified atom stereocenters.